The van der Waals surface area contributed by atoms with Gasteiger partial charge in [-0.25, -0.2) is 22.6 Å². The van der Waals surface area contributed by atoms with E-state index in [4.69, 9.17) is 20.7 Å². The first-order valence-electron chi connectivity index (χ1n) is 19.7. The predicted molar refractivity (Wildman–Crippen MR) is 224 cm³/mol. The lowest BCUT2D eigenvalue weighted by Gasteiger charge is -2.33. The van der Waals surface area contributed by atoms with E-state index in [0.717, 1.165) is 23.2 Å². The number of nitrogen functional groups attached to an aromatic ring is 1. The smallest absolute Gasteiger partial charge is 0.355 e. The molecule has 2 aliphatic heterocycles. The van der Waals surface area contributed by atoms with E-state index in [1.807, 2.05) is 33.5 Å². The highest BCUT2D eigenvalue weighted by molar-refractivity contribution is 7.93. The fraction of sp³-hybridized carbons (Fsp3) is 0.310. The Morgan fingerprint density at radius 1 is 1.02 bits per heavy atom. The summed E-state index contributed by atoms with van der Waals surface area (Å²) in [6.07, 6.45) is 6.70. The van der Waals surface area contributed by atoms with Crippen molar-refractivity contribution in [2.24, 2.45) is 7.05 Å². The lowest BCUT2D eigenvalue weighted by atomic mass is 10.0. The number of sulfonamides is 1. The van der Waals surface area contributed by atoms with Crippen LogP contribution >= 0.6 is 0 Å². The number of fused-ring (bicyclic) bond motifs is 1. The van der Waals surface area contributed by atoms with Crippen LogP contribution in [0, 0.1) is 12.7 Å². The Hall–Kier alpha value is -6.63. The van der Waals surface area contributed by atoms with Crippen molar-refractivity contribution in [3.8, 4) is 28.1 Å². The summed E-state index contributed by atoms with van der Waals surface area (Å²) in [4.78, 5) is 34.2. The van der Waals surface area contributed by atoms with Gasteiger partial charge in [-0.05, 0) is 80.6 Å². The Kier molecular flexibility index (Phi) is 11.1. The van der Waals surface area contributed by atoms with Gasteiger partial charge in [0.1, 0.15) is 29.2 Å². The molecule has 2 aliphatic rings. The standard InChI is InChI=1S/C42H43F3N10O5S/c1-24-5-6-28(19-34(24)54-16-4-15-47-42(54)57)40(56)53-17-13-31(14-18-53)55-23-29(21-49-55)32-22-48-39(46)36-37(50-52(3)38(32)36)27-9-12-33(51-61(58,59)41(44)45)35(20-27)60-25(2)26-7-10-30(43)11-8-26/h5-12,19-23,25,31,41,51H,4,13-18H2,1-3H3,(H2,46,48)(H,47,57)/t25-/m0/s1. The highest BCUT2D eigenvalue weighted by Gasteiger charge is 2.29. The van der Waals surface area contributed by atoms with Crippen molar-refractivity contribution < 1.29 is 35.9 Å². The second-order valence-electron chi connectivity index (χ2n) is 15.2. The maximum atomic E-state index is 13.7. The summed E-state index contributed by atoms with van der Waals surface area (Å²) in [5, 5.41) is 12.8. The summed E-state index contributed by atoms with van der Waals surface area (Å²) in [6.45, 7) is 5.83. The number of hydrogen-bond acceptors (Lipinski definition) is 9. The number of piperidine rings is 1. The van der Waals surface area contributed by atoms with Crippen molar-refractivity contribution in [1.82, 2.24) is 34.8 Å². The summed E-state index contributed by atoms with van der Waals surface area (Å²) in [5.41, 5.74) is 11.9. The molecule has 0 unspecified atom stereocenters. The summed E-state index contributed by atoms with van der Waals surface area (Å²) in [7, 11) is -3.32. The molecule has 3 amide bonds. The van der Waals surface area contributed by atoms with Crippen LogP contribution in [0.15, 0.2) is 79.3 Å². The van der Waals surface area contributed by atoms with Gasteiger partial charge < -0.3 is 20.7 Å². The maximum Gasteiger partial charge on any atom is 0.355 e. The number of carbonyl (C=O) groups excluding carboxylic acids is 2. The van der Waals surface area contributed by atoms with E-state index in [2.05, 4.69) is 10.3 Å². The van der Waals surface area contributed by atoms with Crippen molar-refractivity contribution in [3.63, 3.8) is 0 Å². The van der Waals surface area contributed by atoms with E-state index >= 15 is 0 Å². The van der Waals surface area contributed by atoms with Gasteiger partial charge >= 0.3 is 11.8 Å². The summed E-state index contributed by atoms with van der Waals surface area (Å²) in [5.74, 6) is -4.17. The summed E-state index contributed by atoms with van der Waals surface area (Å²) >= 11 is 0. The number of nitrogens with one attached hydrogen (secondary N) is 2. The van der Waals surface area contributed by atoms with Crippen LogP contribution in [-0.2, 0) is 17.1 Å². The third kappa shape index (κ3) is 8.16. The van der Waals surface area contributed by atoms with Crippen molar-refractivity contribution in [2.75, 3.05) is 41.5 Å². The molecule has 2 saturated heterocycles. The number of ether oxygens (including phenoxy) is 1. The Morgan fingerprint density at radius 3 is 2.49 bits per heavy atom. The van der Waals surface area contributed by atoms with Gasteiger partial charge in [-0.3, -0.25) is 23.8 Å². The van der Waals surface area contributed by atoms with Gasteiger partial charge in [0.15, 0.2) is 0 Å². The number of aryl methyl sites for hydroxylation is 2. The molecule has 5 heterocycles. The molecule has 15 nitrogen and oxygen atoms in total. The summed E-state index contributed by atoms with van der Waals surface area (Å²) in [6, 6.07) is 15.1. The Labute approximate surface area is 349 Å². The minimum Gasteiger partial charge on any atom is -0.484 e. The SMILES string of the molecule is Cc1ccc(C(=O)N2CCC(n3cc(-c4cnc(N)c5c(-c6ccc(NS(=O)(=O)C(F)F)c(O[C@@H](C)c7ccc(F)cc7)c6)nn(C)c45)cn3)CC2)cc1N1CCCNC1=O. The first-order valence-corrected chi connectivity index (χ1v) is 21.2. The molecule has 1 atom stereocenters. The first kappa shape index (κ1) is 41.1. The quantitative estimate of drug-likeness (QED) is 0.123. The van der Waals surface area contributed by atoms with Crippen LogP contribution < -0.4 is 25.4 Å². The zero-order valence-corrected chi connectivity index (χ0v) is 34.3. The number of alkyl halides is 2. The average Bonchev–Trinajstić information content (AvgIpc) is 3.88. The minimum absolute atomic E-state index is 0.0134. The lowest BCUT2D eigenvalue weighted by molar-refractivity contribution is 0.0690. The number of rotatable bonds is 11. The van der Waals surface area contributed by atoms with Crippen LogP contribution in [0.4, 0.5) is 35.2 Å². The number of pyridine rings is 1. The number of benzene rings is 3. The average molecular weight is 857 g/mol. The van der Waals surface area contributed by atoms with Crippen LogP contribution in [-0.4, -0.2) is 81.7 Å². The molecule has 2 fully saturated rings. The van der Waals surface area contributed by atoms with E-state index in [9.17, 15) is 31.2 Å². The number of halogens is 3. The van der Waals surface area contributed by atoms with Crippen molar-refractivity contribution in [3.05, 3.63) is 102 Å². The van der Waals surface area contributed by atoms with E-state index < -0.39 is 27.7 Å². The van der Waals surface area contributed by atoms with Crippen molar-refractivity contribution in [2.45, 2.75) is 51.0 Å². The zero-order valence-electron chi connectivity index (χ0n) is 33.5. The van der Waals surface area contributed by atoms with E-state index in [-0.39, 0.29) is 35.2 Å². The second kappa shape index (κ2) is 16.4. The van der Waals surface area contributed by atoms with Crippen LogP contribution in [0.3, 0.4) is 0 Å². The topological polar surface area (TPSA) is 183 Å². The van der Waals surface area contributed by atoms with Gasteiger partial charge in [-0.2, -0.15) is 19.0 Å². The van der Waals surface area contributed by atoms with Crippen molar-refractivity contribution >= 4 is 50.1 Å². The molecule has 19 heteroatoms. The molecular weight excluding hydrogens is 814 g/mol. The number of aromatic nitrogens is 5. The molecule has 8 rings (SSSR count). The molecule has 0 radical (unpaired) electrons. The third-order valence-corrected chi connectivity index (χ3v) is 12.1. The van der Waals surface area contributed by atoms with Crippen LogP contribution in [0.1, 0.15) is 59.8 Å². The molecule has 3 aromatic heterocycles. The molecule has 0 aliphatic carbocycles. The molecule has 0 bridgehead atoms. The number of amides is 3. The predicted octanol–water partition coefficient (Wildman–Crippen LogP) is 7.03. The van der Waals surface area contributed by atoms with Crippen LogP contribution in [0.25, 0.3) is 33.3 Å². The van der Waals surface area contributed by atoms with Gasteiger partial charge in [-0.15, -0.1) is 0 Å². The number of urea groups is 1. The molecule has 318 valence electrons. The number of nitrogens with two attached hydrogens (primary N) is 1. The Morgan fingerprint density at radius 2 is 1.77 bits per heavy atom. The normalized spacial score (nSPS) is 15.6. The second-order valence-corrected chi connectivity index (χ2v) is 16.8. The van der Waals surface area contributed by atoms with E-state index in [0.29, 0.717) is 77.9 Å². The highest BCUT2D eigenvalue weighted by atomic mass is 32.2. The fourth-order valence-electron chi connectivity index (χ4n) is 7.88. The molecule has 3 aromatic carbocycles. The lowest BCUT2D eigenvalue weighted by Crippen LogP contribution is -2.47. The molecule has 4 N–H and O–H groups in total. The highest BCUT2D eigenvalue weighted by Crippen LogP contribution is 2.41. The molecule has 6 aromatic rings. The third-order valence-electron chi connectivity index (χ3n) is 11.1. The minimum atomic E-state index is -5.06. The number of likely N-dealkylation sites (tertiary alicyclic amines) is 1. The largest absolute Gasteiger partial charge is 0.484 e. The van der Waals surface area contributed by atoms with Gasteiger partial charge in [0.2, 0.25) is 0 Å². The maximum absolute atomic E-state index is 13.7. The molecule has 61 heavy (non-hydrogen) atoms. The van der Waals surface area contributed by atoms with E-state index in [1.54, 1.807) is 48.1 Å². The van der Waals surface area contributed by atoms with Crippen LogP contribution in [0.2, 0.25) is 0 Å². The van der Waals surface area contributed by atoms with Crippen LogP contribution in [0.5, 0.6) is 5.75 Å². The number of carbonyl (C=O) groups is 2. The van der Waals surface area contributed by atoms with Gasteiger partial charge in [-0.1, -0.05) is 24.3 Å². The fourth-order valence-corrected chi connectivity index (χ4v) is 8.44. The number of hydrogen-bond donors (Lipinski definition) is 3. The zero-order chi connectivity index (χ0) is 43.2. The number of nitrogens with zero attached hydrogens (tertiary/aromatic N) is 7. The first-order chi connectivity index (χ1) is 29.2. The van der Waals surface area contributed by atoms with Gasteiger partial charge in [0.25, 0.3) is 15.9 Å². The molecule has 0 saturated carbocycles. The van der Waals surface area contributed by atoms with Gasteiger partial charge in [0.05, 0.1) is 28.8 Å². The van der Waals surface area contributed by atoms with Crippen molar-refractivity contribution in [1.29, 1.82) is 0 Å². The Balaban J connectivity index is 1.04. The Bertz CT molecular complexity index is 2750. The molecular formula is C42H43F3N10O5S. The van der Waals surface area contributed by atoms with Gasteiger partial charge in [0, 0.05) is 73.6 Å². The summed E-state index contributed by atoms with van der Waals surface area (Å²) < 4.78 is 76.5. The monoisotopic (exact) mass is 856 g/mol. The number of anilines is 3. The van der Waals surface area contributed by atoms with E-state index in [1.165, 1.54) is 42.5 Å². The molecule has 0 spiro atoms.